The molecule has 1 aliphatic heterocycles. The predicted octanol–water partition coefficient (Wildman–Crippen LogP) is 3.77. The zero-order valence-corrected chi connectivity index (χ0v) is 17.8. The van der Waals surface area contributed by atoms with Gasteiger partial charge in [0.1, 0.15) is 5.57 Å². The minimum absolute atomic E-state index is 0.107. The molecule has 0 atom stereocenters. The Labute approximate surface area is 180 Å². The van der Waals surface area contributed by atoms with Gasteiger partial charge in [0.05, 0.1) is 11.9 Å². The monoisotopic (exact) mass is 414 g/mol. The highest BCUT2D eigenvalue weighted by Crippen LogP contribution is 2.27. The van der Waals surface area contributed by atoms with Crippen molar-refractivity contribution >= 4 is 29.6 Å². The molecule has 1 saturated heterocycles. The van der Waals surface area contributed by atoms with Crippen LogP contribution in [-0.4, -0.2) is 27.4 Å². The van der Waals surface area contributed by atoms with Crippen LogP contribution in [0.5, 0.6) is 0 Å². The number of barbiturate groups is 1. The highest BCUT2D eigenvalue weighted by atomic mass is 16.2. The maximum atomic E-state index is 13.1. The Morgan fingerprint density at radius 2 is 1.77 bits per heavy atom. The van der Waals surface area contributed by atoms with E-state index in [0.717, 1.165) is 33.1 Å². The molecule has 3 heterocycles. The van der Waals surface area contributed by atoms with Gasteiger partial charge in [-0.25, -0.2) is 9.69 Å². The number of hydrogen-bond donors (Lipinski definition) is 1. The molecule has 1 aliphatic rings. The van der Waals surface area contributed by atoms with Crippen LogP contribution in [0.1, 0.15) is 28.1 Å². The summed E-state index contributed by atoms with van der Waals surface area (Å²) in [6, 6.07) is 10.6. The van der Waals surface area contributed by atoms with E-state index >= 15 is 0 Å². The number of aromatic nitrogens is 2. The molecule has 0 spiro atoms. The number of nitrogens with one attached hydrogen (secondary N) is 1. The van der Waals surface area contributed by atoms with Crippen LogP contribution in [0.15, 0.2) is 54.4 Å². The van der Waals surface area contributed by atoms with Crippen molar-refractivity contribution in [3.63, 3.8) is 0 Å². The Balaban J connectivity index is 1.78. The molecule has 4 rings (SSSR count). The number of anilines is 1. The van der Waals surface area contributed by atoms with Crippen molar-refractivity contribution in [2.24, 2.45) is 0 Å². The molecule has 1 fully saturated rings. The minimum atomic E-state index is -0.791. The van der Waals surface area contributed by atoms with E-state index in [1.54, 1.807) is 18.3 Å². The number of amides is 4. The fourth-order valence-electron chi connectivity index (χ4n) is 3.89. The first-order chi connectivity index (χ1) is 14.8. The first-order valence-electron chi connectivity index (χ1n) is 9.86. The topological polar surface area (TPSA) is 84.3 Å². The molecule has 7 heteroatoms. The quantitative estimate of drug-likeness (QED) is 0.522. The fourth-order valence-corrected chi connectivity index (χ4v) is 3.89. The van der Waals surface area contributed by atoms with Crippen LogP contribution in [0.4, 0.5) is 10.5 Å². The van der Waals surface area contributed by atoms with Crippen molar-refractivity contribution in [3.8, 4) is 5.69 Å². The zero-order valence-electron chi connectivity index (χ0n) is 17.8. The molecule has 0 radical (unpaired) electrons. The second kappa shape index (κ2) is 7.68. The average molecular weight is 414 g/mol. The van der Waals surface area contributed by atoms with Gasteiger partial charge in [-0.15, -0.1) is 0 Å². The SMILES string of the molecule is Cc1ccc(-n2c(C)cc(/C=C3\C(=O)NC(=O)N(c4cccnc4)C3=O)c2C)c(C)c1. The van der Waals surface area contributed by atoms with E-state index in [1.165, 1.54) is 17.8 Å². The average Bonchev–Trinajstić information content (AvgIpc) is 2.99. The van der Waals surface area contributed by atoms with Gasteiger partial charge in [0.25, 0.3) is 11.8 Å². The Kier molecular flexibility index (Phi) is 5.02. The summed E-state index contributed by atoms with van der Waals surface area (Å²) in [7, 11) is 0. The van der Waals surface area contributed by atoms with E-state index in [9.17, 15) is 14.4 Å². The molecular weight excluding hydrogens is 392 g/mol. The first-order valence-corrected chi connectivity index (χ1v) is 9.86. The van der Waals surface area contributed by atoms with Gasteiger partial charge in [-0.05, 0) is 69.2 Å². The molecule has 0 saturated carbocycles. The molecule has 1 aromatic carbocycles. The lowest BCUT2D eigenvalue weighted by atomic mass is 10.1. The zero-order chi connectivity index (χ0) is 22.3. The molecule has 7 nitrogen and oxygen atoms in total. The second-order valence-corrected chi connectivity index (χ2v) is 7.62. The molecule has 156 valence electrons. The van der Waals surface area contributed by atoms with Crippen molar-refractivity contribution in [3.05, 3.63) is 82.4 Å². The van der Waals surface area contributed by atoms with Crippen LogP contribution in [0.2, 0.25) is 0 Å². The van der Waals surface area contributed by atoms with Crippen LogP contribution in [0.25, 0.3) is 11.8 Å². The lowest BCUT2D eigenvalue weighted by Crippen LogP contribution is -2.54. The van der Waals surface area contributed by atoms with E-state index in [2.05, 4.69) is 40.0 Å². The summed E-state index contributed by atoms with van der Waals surface area (Å²) in [4.78, 5) is 42.7. The number of pyridine rings is 1. The number of nitrogens with zero attached hydrogens (tertiary/aromatic N) is 3. The van der Waals surface area contributed by atoms with E-state index in [-0.39, 0.29) is 5.57 Å². The molecule has 3 aromatic rings. The van der Waals surface area contributed by atoms with Crippen molar-refractivity contribution in [2.75, 3.05) is 4.90 Å². The van der Waals surface area contributed by atoms with E-state index in [0.29, 0.717) is 5.69 Å². The van der Waals surface area contributed by atoms with Gasteiger partial charge in [-0.3, -0.25) is 19.9 Å². The number of imide groups is 2. The number of carbonyl (C=O) groups is 3. The van der Waals surface area contributed by atoms with Gasteiger partial charge < -0.3 is 4.57 Å². The Bertz CT molecular complexity index is 1260. The van der Waals surface area contributed by atoms with Crippen LogP contribution < -0.4 is 10.2 Å². The number of carbonyl (C=O) groups excluding carboxylic acids is 3. The third kappa shape index (κ3) is 3.54. The summed E-state index contributed by atoms with van der Waals surface area (Å²) in [5, 5.41) is 2.24. The standard InChI is InChI=1S/C24H22N4O3/c1-14-7-8-21(15(2)10-14)27-16(3)11-18(17(27)4)12-20-22(29)26-24(31)28(23(20)30)19-6-5-9-25-13-19/h5-13H,1-4H3,(H,26,29,31)/b20-12+. The van der Waals surface area contributed by atoms with Gasteiger partial charge in [0.2, 0.25) is 0 Å². The molecule has 1 N–H and O–H groups in total. The smallest absolute Gasteiger partial charge is 0.318 e. The van der Waals surface area contributed by atoms with Gasteiger partial charge in [-0.2, -0.15) is 0 Å². The van der Waals surface area contributed by atoms with Crippen LogP contribution in [0, 0.1) is 27.7 Å². The summed E-state index contributed by atoms with van der Waals surface area (Å²) in [6.07, 6.45) is 4.48. The Hall–Kier alpha value is -4.00. The van der Waals surface area contributed by atoms with Crippen molar-refractivity contribution in [1.82, 2.24) is 14.9 Å². The molecule has 4 amide bonds. The van der Waals surface area contributed by atoms with E-state index < -0.39 is 17.8 Å². The van der Waals surface area contributed by atoms with Crippen molar-refractivity contribution in [2.45, 2.75) is 27.7 Å². The third-order valence-electron chi connectivity index (χ3n) is 5.37. The first kappa shape index (κ1) is 20.3. The van der Waals surface area contributed by atoms with Crippen molar-refractivity contribution in [1.29, 1.82) is 0 Å². The second-order valence-electron chi connectivity index (χ2n) is 7.62. The summed E-state index contributed by atoms with van der Waals surface area (Å²) >= 11 is 0. The normalized spacial score (nSPS) is 15.5. The largest absolute Gasteiger partial charge is 0.336 e. The van der Waals surface area contributed by atoms with Crippen LogP contribution in [-0.2, 0) is 9.59 Å². The molecular formula is C24H22N4O3. The van der Waals surface area contributed by atoms with Gasteiger partial charge in [-0.1, -0.05) is 17.7 Å². The van der Waals surface area contributed by atoms with Gasteiger partial charge >= 0.3 is 6.03 Å². The summed E-state index contributed by atoms with van der Waals surface area (Å²) in [6.45, 7) is 8.01. The Morgan fingerprint density at radius 3 is 2.45 bits per heavy atom. The number of rotatable bonds is 3. The molecule has 2 aromatic heterocycles. The number of urea groups is 1. The molecule has 0 bridgehead atoms. The molecule has 0 aliphatic carbocycles. The lowest BCUT2D eigenvalue weighted by molar-refractivity contribution is -0.122. The van der Waals surface area contributed by atoms with Crippen LogP contribution >= 0.6 is 0 Å². The summed E-state index contributed by atoms with van der Waals surface area (Å²) in [5.41, 5.74) is 6.13. The fraction of sp³-hybridized carbons (Fsp3) is 0.167. The number of hydrogen-bond acceptors (Lipinski definition) is 4. The van der Waals surface area contributed by atoms with Gasteiger partial charge in [0, 0.05) is 23.3 Å². The highest BCUT2D eigenvalue weighted by molar-refractivity contribution is 6.39. The Morgan fingerprint density at radius 1 is 1.00 bits per heavy atom. The van der Waals surface area contributed by atoms with E-state index in [4.69, 9.17) is 0 Å². The summed E-state index contributed by atoms with van der Waals surface area (Å²) < 4.78 is 2.09. The van der Waals surface area contributed by atoms with Crippen molar-refractivity contribution < 1.29 is 14.4 Å². The molecule has 31 heavy (non-hydrogen) atoms. The highest BCUT2D eigenvalue weighted by Gasteiger charge is 2.37. The maximum Gasteiger partial charge on any atom is 0.336 e. The van der Waals surface area contributed by atoms with E-state index in [1.807, 2.05) is 26.8 Å². The lowest BCUT2D eigenvalue weighted by Gasteiger charge is -2.26. The predicted molar refractivity (Wildman–Crippen MR) is 118 cm³/mol. The summed E-state index contributed by atoms with van der Waals surface area (Å²) in [5.74, 6) is -1.40. The minimum Gasteiger partial charge on any atom is -0.318 e. The number of benzene rings is 1. The maximum absolute atomic E-state index is 13.1. The third-order valence-corrected chi connectivity index (χ3v) is 5.37. The molecule has 0 unspecified atom stereocenters. The van der Waals surface area contributed by atoms with Gasteiger partial charge in [0.15, 0.2) is 0 Å². The number of aryl methyl sites for hydroxylation is 3. The van der Waals surface area contributed by atoms with Crippen LogP contribution in [0.3, 0.4) is 0 Å².